The maximum atomic E-state index is 16.3. The molecule has 19 heteroatoms. The number of aryl methyl sites for hydroxylation is 1. The number of halogens is 1. The van der Waals surface area contributed by atoms with Crippen molar-refractivity contribution in [3.05, 3.63) is 51.7 Å². The first-order chi connectivity index (χ1) is 30.9. The van der Waals surface area contributed by atoms with Crippen molar-refractivity contribution in [2.75, 3.05) is 50.1 Å². The third-order valence-corrected chi connectivity index (χ3v) is 11.7. The van der Waals surface area contributed by atoms with Gasteiger partial charge in [0.1, 0.15) is 40.4 Å². The Balaban J connectivity index is 1.45. The minimum Gasteiger partial charge on any atom is -0.462 e. The number of hydrogen-bond acceptors (Lipinski definition) is 14. The molecular weight excluding hydrogens is 854 g/mol. The zero-order valence-electron chi connectivity index (χ0n) is 39.3. The van der Waals surface area contributed by atoms with Crippen LogP contribution in [0.15, 0.2) is 29.3 Å². The van der Waals surface area contributed by atoms with Gasteiger partial charge in [0.15, 0.2) is 5.56 Å². The predicted octanol–water partition coefficient (Wildman–Crippen LogP) is 6.78. The molecule has 18 nitrogen and oxygen atoms in total. The van der Waals surface area contributed by atoms with Crippen LogP contribution in [0.5, 0.6) is 5.88 Å². The molecule has 0 unspecified atom stereocenters. The van der Waals surface area contributed by atoms with E-state index in [9.17, 15) is 29.2 Å². The van der Waals surface area contributed by atoms with Gasteiger partial charge in [-0.05, 0) is 79.8 Å². The van der Waals surface area contributed by atoms with Crippen LogP contribution >= 0.6 is 0 Å². The standard InChI is InChI=1S/C47H56FN9O9/c1-13-63-42(59)34-38(58)26-16-25(19-51-40(26)56(12)41(34)64-43(60)35(23(2)3)53-44(61)65-46(4,5)6)28-20-50-39-33(37(28)57-15-14-24-21-54(10)22-31(24)57)32-27(18-49)29(48)17-30(36(32)52-39)55(11)45(62)66-47(7,8)9/h16-17,19-20,23-24,31,35H,13-15,21-22H2,1-12H3,(H,50,52)(H,53,61)/t24-,31+,35-/m0/s1. The maximum Gasteiger partial charge on any atom is 0.414 e. The van der Waals surface area contributed by atoms with E-state index >= 15 is 4.39 Å². The lowest BCUT2D eigenvalue weighted by Crippen LogP contribution is -2.48. The van der Waals surface area contributed by atoms with E-state index in [1.54, 1.807) is 74.6 Å². The number of carbonyl (C=O) groups excluding carboxylic acids is 4. The second-order valence-electron chi connectivity index (χ2n) is 19.2. The number of alkyl carbamates (subject to hydrolysis) is 1. The summed E-state index contributed by atoms with van der Waals surface area (Å²) in [6, 6.07) is 3.50. The molecule has 2 saturated heterocycles. The Kier molecular flexibility index (Phi) is 12.5. The number of pyridine rings is 3. The molecule has 2 amide bonds. The zero-order chi connectivity index (χ0) is 48.3. The number of rotatable bonds is 9. The van der Waals surface area contributed by atoms with Crippen LogP contribution in [0.1, 0.15) is 84.7 Å². The summed E-state index contributed by atoms with van der Waals surface area (Å²) in [6.07, 6.45) is 2.37. The molecule has 0 aliphatic carbocycles. The predicted molar refractivity (Wildman–Crippen MR) is 245 cm³/mol. The number of nitrogens with zero attached hydrogens (tertiary/aromatic N) is 7. The quantitative estimate of drug-likeness (QED) is 0.115. The largest absolute Gasteiger partial charge is 0.462 e. The van der Waals surface area contributed by atoms with E-state index in [1.165, 1.54) is 29.8 Å². The Bertz CT molecular complexity index is 2910. The summed E-state index contributed by atoms with van der Waals surface area (Å²) >= 11 is 0. The number of esters is 2. The third-order valence-electron chi connectivity index (χ3n) is 11.7. The second kappa shape index (κ2) is 17.5. The molecule has 4 aromatic heterocycles. The van der Waals surface area contributed by atoms with Crippen LogP contribution < -0.4 is 25.3 Å². The third kappa shape index (κ3) is 8.81. The molecule has 0 saturated carbocycles. The van der Waals surface area contributed by atoms with E-state index in [0.29, 0.717) is 46.9 Å². The molecule has 350 valence electrons. The molecule has 2 aliphatic rings. The Morgan fingerprint density at radius 1 is 1.03 bits per heavy atom. The summed E-state index contributed by atoms with van der Waals surface area (Å²) in [5.41, 5.74) is -1.11. The highest BCUT2D eigenvalue weighted by molar-refractivity contribution is 6.21. The van der Waals surface area contributed by atoms with Gasteiger partial charge in [-0.3, -0.25) is 14.3 Å². The van der Waals surface area contributed by atoms with E-state index in [4.69, 9.17) is 28.9 Å². The topological polar surface area (TPSA) is 214 Å². The van der Waals surface area contributed by atoms with Gasteiger partial charge in [-0.15, -0.1) is 0 Å². The fourth-order valence-corrected chi connectivity index (χ4v) is 8.86. The number of amides is 2. The van der Waals surface area contributed by atoms with Crippen molar-refractivity contribution in [1.29, 1.82) is 5.26 Å². The summed E-state index contributed by atoms with van der Waals surface area (Å²) < 4.78 is 39.7. The van der Waals surface area contributed by atoms with Crippen molar-refractivity contribution in [2.24, 2.45) is 18.9 Å². The Morgan fingerprint density at radius 3 is 2.36 bits per heavy atom. The molecule has 0 radical (unpaired) electrons. The molecular formula is C47H56FN9O9. The molecule has 7 rings (SSSR count). The molecule has 5 aromatic rings. The van der Waals surface area contributed by atoms with E-state index in [-0.39, 0.29) is 45.8 Å². The first kappa shape index (κ1) is 47.2. The molecule has 2 fully saturated rings. The van der Waals surface area contributed by atoms with Gasteiger partial charge >= 0.3 is 24.1 Å². The van der Waals surface area contributed by atoms with Gasteiger partial charge in [-0.25, -0.2) is 33.5 Å². The lowest BCUT2D eigenvalue weighted by atomic mass is 9.98. The van der Waals surface area contributed by atoms with Gasteiger partial charge in [0.25, 0.3) is 0 Å². The summed E-state index contributed by atoms with van der Waals surface area (Å²) in [5.74, 6) is -3.52. The highest BCUT2D eigenvalue weighted by Gasteiger charge is 2.42. The number of nitriles is 1. The minimum atomic E-state index is -1.24. The number of benzene rings is 1. The number of H-pyrrole nitrogens is 1. The van der Waals surface area contributed by atoms with Crippen molar-refractivity contribution in [3.63, 3.8) is 0 Å². The Labute approximate surface area is 380 Å². The van der Waals surface area contributed by atoms with Crippen LogP contribution in [0.2, 0.25) is 0 Å². The normalized spacial score (nSPS) is 17.0. The van der Waals surface area contributed by atoms with Gasteiger partial charge in [-0.2, -0.15) is 5.26 Å². The number of nitrogens with one attached hydrogen (secondary N) is 2. The van der Waals surface area contributed by atoms with Crippen molar-refractivity contribution in [3.8, 4) is 23.1 Å². The van der Waals surface area contributed by atoms with E-state index in [1.807, 2.05) is 13.1 Å². The zero-order valence-corrected chi connectivity index (χ0v) is 39.3. The highest BCUT2D eigenvalue weighted by Crippen LogP contribution is 2.47. The maximum absolute atomic E-state index is 16.3. The SMILES string of the molecule is CCOC(=O)c1c(OC(=O)[C@@H](NC(=O)OC(C)(C)C)C(C)C)n(C)c2ncc(-c3cnc4[nH]c5c(N(C)C(=O)OC(C)(C)C)cc(F)c(C#N)c5c4c3N3CC[C@H]4CN(C)C[C@H]43)cc2c1=O. The smallest absolute Gasteiger partial charge is 0.414 e. The summed E-state index contributed by atoms with van der Waals surface area (Å²) in [4.78, 5) is 86.8. The molecule has 0 bridgehead atoms. The minimum absolute atomic E-state index is 0.0146. The lowest BCUT2D eigenvalue weighted by molar-refractivity contribution is -0.138. The van der Waals surface area contributed by atoms with E-state index < -0.39 is 70.0 Å². The number of aromatic amines is 1. The summed E-state index contributed by atoms with van der Waals surface area (Å²) in [6.45, 7) is 17.2. The van der Waals surface area contributed by atoms with Crippen molar-refractivity contribution in [1.82, 2.24) is 29.7 Å². The molecule has 66 heavy (non-hydrogen) atoms. The molecule has 1 aromatic carbocycles. The number of ether oxygens (including phenoxy) is 4. The molecule has 3 atom stereocenters. The number of likely N-dealkylation sites (tertiary alicyclic amines) is 1. The monoisotopic (exact) mass is 909 g/mol. The number of likely N-dealkylation sites (N-methyl/N-ethyl adjacent to an activating group) is 1. The average molecular weight is 910 g/mol. The molecule has 6 heterocycles. The van der Waals surface area contributed by atoms with Crippen LogP contribution in [0.3, 0.4) is 0 Å². The van der Waals surface area contributed by atoms with Crippen LogP contribution in [0, 0.1) is 29.0 Å². The van der Waals surface area contributed by atoms with Crippen LogP contribution in [0.25, 0.3) is 44.1 Å². The van der Waals surface area contributed by atoms with Crippen molar-refractivity contribution >= 4 is 68.5 Å². The molecule has 2 N–H and O–H groups in total. The lowest BCUT2D eigenvalue weighted by Gasteiger charge is -2.29. The van der Waals surface area contributed by atoms with Gasteiger partial charge in [0.2, 0.25) is 11.3 Å². The number of fused-ring (bicyclic) bond motifs is 5. The van der Waals surface area contributed by atoms with Gasteiger partial charge in [0, 0.05) is 74.7 Å². The molecule has 2 aliphatic heterocycles. The number of aromatic nitrogens is 4. The number of hydrogen-bond donors (Lipinski definition) is 2. The van der Waals surface area contributed by atoms with Crippen molar-refractivity contribution < 1.29 is 42.5 Å². The first-order valence-electron chi connectivity index (χ1n) is 21.8. The highest BCUT2D eigenvalue weighted by atomic mass is 19.1. The first-order valence-corrected chi connectivity index (χ1v) is 21.8. The van der Waals surface area contributed by atoms with Gasteiger partial charge in [-0.1, -0.05) is 13.8 Å². The summed E-state index contributed by atoms with van der Waals surface area (Å²) in [7, 11) is 4.98. The van der Waals surface area contributed by atoms with Gasteiger partial charge in [0.05, 0.1) is 39.8 Å². The summed E-state index contributed by atoms with van der Waals surface area (Å²) in [5, 5.41) is 13.7. The fraction of sp³-hybridized carbons (Fsp3) is 0.489. The molecule has 0 spiro atoms. The average Bonchev–Trinajstić information content (AvgIpc) is 3.91. The Hall–Kier alpha value is -6.81. The second-order valence-corrected chi connectivity index (χ2v) is 19.2. The van der Waals surface area contributed by atoms with E-state index in [0.717, 1.165) is 19.0 Å². The van der Waals surface area contributed by atoms with Gasteiger partial charge < -0.3 is 39.0 Å². The van der Waals surface area contributed by atoms with Crippen molar-refractivity contribution in [2.45, 2.75) is 92.0 Å². The number of carbonyl (C=O) groups is 4. The number of anilines is 2. The van der Waals surface area contributed by atoms with E-state index in [2.05, 4.69) is 20.1 Å². The fourth-order valence-electron chi connectivity index (χ4n) is 8.86. The van der Waals surface area contributed by atoms with Crippen LogP contribution in [-0.2, 0) is 26.1 Å². The van der Waals surface area contributed by atoms with Crippen LogP contribution in [0.4, 0.5) is 25.4 Å². The van der Waals surface area contributed by atoms with Crippen LogP contribution in [-0.4, -0.2) is 112 Å². The Morgan fingerprint density at radius 2 is 1.73 bits per heavy atom.